The quantitative estimate of drug-likeness (QED) is 0.849. The summed E-state index contributed by atoms with van der Waals surface area (Å²) < 4.78 is 35.2. The van der Waals surface area contributed by atoms with Crippen molar-refractivity contribution in [1.29, 1.82) is 0 Å². The number of rotatable bonds is 5. The number of carboxylic acids is 1. The van der Waals surface area contributed by atoms with Crippen LogP contribution in [0, 0.1) is 0 Å². The van der Waals surface area contributed by atoms with Crippen LogP contribution in [-0.4, -0.2) is 42.2 Å². The molecule has 8 heteroatoms. The third-order valence-corrected chi connectivity index (χ3v) is 2.83. The summed E-state index contributed by atoms with van der Waals surface area (Å²) in [7, 11) is 0. The minimum atomic E-state index is -2.84. The largest absolute Gasteiger partial charge is 0.485 e. The molecule has 0 saturated carbocycles. The van der Waals surface area contributed by atoms with Crippen LogP contribution in [0.5, 0.6) is 11.5 Å². The number of hydrogen-bond acceptors (Lipinski definition) is 4. The number of carbonyl (C=O) groups excluding carboxylic acids is 1. The first-order chi connectivity index (χ1) is 9.97. The van der Waals surface area contributed by atoms with Crippen molar-refractivity contribution in [1.82, 2.24) is 5.32 Å². The molecule has 0 aromatic heterocycles. The first-order valence-corrected chi connectivity index (χ1v) is 6.17. The zero-order valence-electron chi connectivity index (χ0n) is 10.8. The molecule has 1 aromatic carbocycles. The number of nitrogens with one attached hydrogen (secondary N) is 1. The van der Waals surface area contributed by atoms with Crippen molar-refractivity contribution in [3.63, 3.8) is 0 Å². The molecule has 114 valence electrons. The monoisotopic (exact) mass is 301 g/mol. The van der Waals surface area contributed by atoms with Crippen molar-refractivity contribution in [2.45, 2.75) is 25.0 Å². The van der Waals surface area contributed by atoms with E-state index in [9.17, 15) is 18.4 Å². The second kappa shape index (κ2) is 6.38. The number of halogens is 2. The van der Waals surface area contributed by atoms with Crippen molar-refractivity contribution in [3.8, 4) is 11.5 Å². The maximum absolute atomic E-state index is 12.3. The van der Waals surface area contributed by atoms with Crippen LogP contribution in [0.3, 0.4) is 0 Å². The molecule has 2 atom stereocenters. The number of fused-ring (bicyclic) bond motifs is 1. The van der Waals surface area contributed by atoms with Crippen molar-refractivity contribution in [3.05, 3.63) is 24.3 Å². The highest BCUT2D eigenvalue weighted by molar-refractivity contribution is 5.86. The summed E-state index contributed by atoms with van der Waals surface area (Å²) in [4.78, 5) is 22.7. The smallest absolute Gasteiger partial charge is 0.326 e. The lowest BCUT2D eigenvalue weighted by molar-refractivity contribution is -0.144. The van der Waals surface area contributed by atoms with Gasteiger partial charge in [-0.15, -0.1) is 0 Å². The van der Waals surface area contributed by atoms with E-state index in [0.29, 0.717) is 11.5 Å². The van der Waals surface area contributed by atoms with Gasteiger partial charge in [-0.2, -0.15) is 0 Å². The first-order valence-electron chi connectivity index (χ1n) is 6.17. The second-order valence-electron chi connectivity index (χ2n) is 4.39. The molecule has 2 unspecified atom stereocenters. The molecule has 6 nitrogen and oxygen atoms in total. The van der Waals surface area contributed by atoms with Crippen LogP contribution >= 0.6 is 0 Å². The number of ether oxygens (including phenoxy) is 2. The number of benzene rings is 1. The zero-order valence-corrected chi connectivity index (χ0v) is 10.8. The van der Waals surface area contributed by atoms with Gasteiger partial charge in [-0.25, -0.2) is 13.6 Å². The molecule has 0 bridgehead atoms. The molecule has 0 radical (unpaired) electrons. The van der Waals surface area contributed by atoms with Crippen LogP contribution in [0.1, 0.15) is 6.42 Å². The SMILES string of the molecule is O=C(O)C(CC(F)F)NC(=O)C1COc2ccccc2O1. The Morgan fingerprint density at radius 3 is 2.62 bits per heavy atom. The summed E-state index contributed by atoms with van der Waals surface area (Å²) in [6.07, 6.45) is -4.89. The summed E-state index contributed by atoms with van der Waals surface area (Å²) in [6.45, 7) is -0.121. The van der Waals surface area contributed by atoms with E-state index >= 15 is 0 Å². The van der Waals surface area contributed by atoms with E-state index in [4.69, 9.17) is 14.6 Å². The highest BCUT2D eigenvalue weighted by Gasteiger charge is 2.31. The summed E-state index contributed by atoms with van der Waals surface area (Å²) in [6, 6.07) is 4.98. The lowest BCUT2D eigenvalue weighted by Crippen LogP contribution is -2.50. The van der Waals surface area contributed by atoms with Gasteiger partial charge < -0.3 is 19.9 Å². The summed E-state index contributed by atoms with van der Waals surface area (Å²) >= 11 is 0. The van der Waals surface area contributed by atoms with E-state index in [2.05, 4.69) is 0 Å². The predicted octanol–water partition coefficient (Wildman–Crippen LogP) is 1.05. The molecule has 2 N–H and O–H groups in total. The molecule has 0 saturated heterocycles. The second-order valence-corrected chi connectivity index (χ2v) is 4.39. The normalized spacial score (nSPS) is 18.1. The molecule has 1 heterocycles. The van der Waals surface area contributed by atoms with Crippen LogP contribution in [0.2, 0.25) is 0 Å². The van der Waals surface area contributed by atoms with Crippen LogP contribution in [-0.2, 0) is 9.59 Å². The molecule has 1 aliphatic heterocycles. The molecule has 21 heavy (non-hydrogen) atoms. The van der Waals surface area contributed by atoms with Crippen molar-refractivity contribution in [2.75, 3.05) is 6.61 Å². The number of amides is 1. The van der Waals surface area contributed by atoms with Crippen molar-refractivity contribution >= 4 is 11.9 Å². The van der Waals surface area contributed by atoms with Gasteiger partial charge in [-0.05, 0) is 12.1 Å². The lowest BCUT2D eigenvalue weighted by Gasteiger charge is -2.26. The van der Waals surface area contributed by atoms with Gasteiger partial charge in [0.25, 0.3) is 5.91 Å². The molecule has 1 aromatic rings. The van der Waals surface area contributed by atoms with Gasteiger partial charge in [-0.3, -0.25) is 4.79 Å². The number of alkyl halides is 2. The Labute approximate surface area is 118 Å². The maximum atomic E-state index is 12.3. The molecule has 0 aliphatic carbocycles. The summed E-state index contributed by atoms with van der Waals surface area (Å²) in [5, 5.41) is 10.8. The van der Waals surface area contributed by atoms with Crippen LogP contribution < -0.4 is 14.8 Å². The number of hydrogen-bond donors (Lipinski definition) is 2. The van der Waals surface area contributed by atoms with Gasteiger partial charge >= 0.3 is 5.97 Å². The minimum absolute atomic E-state index is 0.121. The Morgan fingerprint density at radius 2 is 2.00 bits per heavy atom. The van der Waals surface area contributed by atoms with Gasteiger partial charge in [0.2, 0.25) is 12.5 Å². The average Bonchev–Trinajstić information content (AvgIpc) is 2.45. The molecule has 2 rings (SSSR count). The Bertz CT molecular complexity index is 537. The van der Waals surface area contributed by atoms with E-state index in [0.717, 1.165) is 0 Å². The lowest BCUT2D eigenvalue weighted by atomic mass is 10.2. The topological polar surface area (TPSA) is 84.9 Å². The molecule has 0 fully saturated rings. The number of para-hydroxylation sites is 2. The molecule has 1 amide bonds. The van der Waals surface area contributed by atoms with E-state index in [1.807, 2.05) is 5.32 Å². The third-order valence-electron chi connectivity index (χ3n) is 2.83. The zero-order chi connectivity index (χ0) is 15.4. The van der Waals surface area contributed by atoms with Crippen molar-refractivity contribution < 1.29 is 33.0 Å². The van der Waals surface area contributed by atoms with E-state index in [1.165, 1.54) is 0 Å². The van der Waals surface area contributed by atoms with Crippen LogP contribution in [0.25, 0.3) is 0 Å². The average molecular weight is 301 g/mol. The number of carbonyl (C=O) groups is 2. The van der Waals surface area contributed by atoms with E-state index in [1.54, 1.807) is 24.3 Å². The highest BCUT2D eigenvalue weighted by Crippen LogP contribution is 2.30. The fraction of sp³-hybridized carbons (Fsp3) is 0.385. The molecule has 1 aliphatic rings. The van der Waals surface area contributed by atoms with Gasteiger partial charge in [0.1, 0.15) is 12.6 Å². The summed E-state index contributed by atoms with van der Waals surface area (Å²) in [5.41, 5.74) is 0. The highest BCUT2D eigenvalue weighted by atomic mass is 19.3. The Kier molecular flexibility index (Phi) is 4.56. The first kappa shape index (κ1) is 15.0. The van der Waals surface area contributed by atoms with E-state index < -0.39 is 36.9 Å². The number of carboxylic acid groups (broad SMARTS) is 1. The standard InChI is InChI=1S/C13H13F2NO5/c14-11(15)5-7(13(18)19)16-12(17)10-6-20-8-3-1-2-4-9(8)21-10/h1-4,7,10-11H,5-6H2,(H,16,17)(H,18,19). The Hall–Kier alpha value is -2.38. The van der Waals surface area contributed by atoms with Gasteiger partial charge in [0.15, 0.2) is 11.5 Å². The minimum Gasteiger partial charge on any atom is -0.485 e. The fourth-order valence-electron chi connectivity index (χ4n) is 1.81. The third kappa shape index (κ3) is 3.80. The predicted molar refractivity (Wildman–Crippen MR) is 66.5 cm³/mol. The van der Waals surface area contributed by atoms with Gasteiger partial charge in [-0.1, -0.05) is 12.1 Å². The Morgan fingerprint density at radius 1 is 1.33 bits per heavy atom. The Balaban J connectivity index is 1.99. The van der Waals surface area contributed by atoms with Gasteiger partial charge in [0, 0.05) is 6.42 Å². The van der Waals surface area contributed by atoms with Crippen molar-refractivity contribution in [2.24, 2.45) is 0 Å². The molecular formula is C13H13F2NO5. The maximum Gasteiger partial charge on any atom is 0.326 e. The van der Waals surface area contributed by atoms with Crippen LogP contribution in [0.4, 0.5) is 8.78 Å². The van der Waals surface area contributed by atoms with Gasteiger partial charge in [0.05, 0.1) is 0 Å². The molecular weight excluding hydrogens is 288 g/mol. The van der Waals surface area contributed by atoms with E-state index in [-0.39, 0.29) is 6.61 Å². The molecule has 0 spiro atoms. The fourth-order valence-corrected chi connectivity index (χ4v) is 1.81. The summed E-state index contributed by atoms with van der Waals surface area (Å²) in [5.74, 6) is -1.54. The number of aliphatic carboxylic acids is 1. The van der Waals surface area contributed by atoms with Crippen LogP contribution in [0.15, 0.2) is 24.3 Å².